The number of amides is 2. The van der Waals surface area contributed by atoms with Crippen molar-refractivity contribution in [3.63, 3.8) is 0 Å². The fraction of sp³-hybridized carbons (Fsp3) is 0.136. The Hall–Kier alpha value is -4.25. The van der Waals surface area contributed by atoms with Crippen LogP contribution in [-0.2, 0) is 14.3 Å². The third kappa shape index (κ3) is 5.75. The highest BCUT2D eigenvalue weighted by molar-refractivity contribution is 6.31. The SMILES string of the molecule is COC(=O)Nc1ccc(C(=O)[C@H](CC(=O)O)C(=O)Nc2cc(-c3cccc(Cl)c3F)n[nH]2)cc1. The van der Waals surface area contributed by atoms with Crippen molar-refractivity contribution in [3.8, 4) is 11.3 Å². The summed E-state index contributed by atoms with van der Waals surface area (Å²) in [6.07, 6.45) is -1.48. The summed E-state index contributed by atoms with van der Waals surface area (Å²) in [7, 11) is 1.19. The molecule has 12 heteroatoms. The first kappa shape index (κ1) is 24.4. The summed E-state index contributed by atoms with van der Waals surface area (Å²) in [5.74, 6) is -5.23. The van der Waals surface area contributed by atoms with E-state index in [4.69, 9.17) is 11.6 Å². The van der Waals surface area contributed by atoms with Crippen LogP contribution in [0.5, 0.6) is 0 Å². The van der Waals surface area contributed by atoms with Gasteiger partial charge in [0.25, 0.3) is 0 Å². The Morgan fingerprint density at radius 1 is 1.15 bits per heavy atom. The largest absolute Gasteiger partial charge is 0.481 e. The van der Waals surface area contributed by atoms with Gasteiger partial charge in [0.15, 0.2) is 11.6 Å². The van der Waals surface area contributed by atoms with E-state index >= 15 is 0 Å². The van der Waals surface area contributed by atoms with Crippen LogP contribution >= 0.6 is 11.6 Å². The number of nitrogens with one attached hydrogen (secondary N) is 3. The average Bonchev–Trinajstić information content (AvgIpc) is 3.27. The Balaban J connectivity index is 1.78. The maximum absolute atomic E-state index is 14.2. The lowest BCUT2D eigenvalue weighted by molar-refractivity contribution is -0.139. The number of aromatic nitrogens is 2. The van der Waals surface area contributed by atoms with Gasteiger partial charge in [-0.1, -0.05) is 17.7 Å². The van der Waals surface area contributed by atoms with Gasteiger partial charge in [0, 0.05) is 22.9 Å². The lowest BCUT2D eigenvalue weighted by Crippen LogP contribution is -2.32. The van der Waals surface area contributed by atoms with E-state index in [1.165, 1.54) is 55.6 Å². The summed E-state index contributed by atoms with van der Waals surface area (Å²) in [5, 5.41) is 20.3. The molecule has 0 radical (unpaired) electrons. The van der Waals surface area contributed by atoms with Crippen LogP contribution in [0, 0.1) is 11.7 Å². The lowest BCUT2D eigenvalue weighted by Gasteiger charge is -2.14. The van der Waals surface area contributed by atoms with Crippen molar-refractivity contribution in [1.82, 2.24) is 10.2 Å². The summed E-state index contributed by atoms with van der Waals surface area (Å²) in [4.78, 5) is 48.2. The number of hydrogen-bond donors (Lipinski definition) is 4. The number of ketones is 1. The summed E-state index contributed by atoms with van der Waals surface area (Å²) >= 11 is 5.78. The Bertz CT molecular complexity index is 1240. The zero-order valence-electron chi connectivity index (χ0n) is 17.6. The van der Waals surface area contributed by atoms with Crippen molar-refractivity contribution in [2.45, 2.75) is 6.42 Å². The van der Waals surface area contributed by atoms with Gasteiger partial charge in [-0.25, -0.2) is 9.18 Å². The number of halogens is 2. The van der Waals surface area contributed by atoms with Crippen molar-refractivity contribution >= 4 is 46.9 Å². The van der Waals surface area contributed by atoms with Crippen molar-refractivity contribution in [2.75, 3.05) is 17.7 Å². The van der Waals surface area contributed by atoms with Crippen molar-refractivity contribution < 1.29 is 33.4 Å². The smallest absolute Gasteiger partial charge is 0.411 e. The van der Waals surface area contributed by atoms with Crippen molar-refractivity contribution in [2.24, 2.45) is 5.92 Å². The van der Waals surface area contributed by atoms with E-state index in [2.05, 4.69) is 25.6 Å². The van der Waals surface area contributed by atoms with E-state index in [0.29, 0.717) is 5.69 Å². The van der Waals surface area contributed by atoms with Crippen LogP contribution in [0.25, 0.3) is 11.3 Å². The van der Waals surface area contributed by atoms with Crippen LogP contribution in [-0.4, -0.2) is 46.2 Å². The fourth-order valence-corrected chi connectivity index (χ4v) is 3.19. The van der Waals surface area contributed by atoms with E-state index in [1.807, 2.05) is 0 Å². The van der Waals surface area contributed by atoms with E-state index in [0.717, 1.165) is 0 Å². The molecule has 2 aromatic carbocycles. The number of anilines is 2. The monoisotopic (exact) mass is 488 g/mol. The van der Waals surface area contributed by atoms with Crippen LogP contribution in [0.4, 0.5) is 20.7 Å². The molecule has 1 heterocycles. The van der Waals surface area contributed by atoms with Crippen molar-refractivity contribution in [3.05, 3.63) is 64.9 Å². The molecular formula is C22H18ClFN4O6. The van der Waals surface area contributed by atoms with E-state index < -0.39 is 41.9 Å². The van der Waals surface area contributed by atoms with Crippen LogP contribution < -0.4 is 10.6 Å². The number of aromatic amines is 1. The van der Waals surface area contributed by atoms with Crippen molar-refractivity contribution in [1.29, 1.82) is 0 Å². The number of carbonyl (C=O) groups excluding carboxylic acids is 3. The molecule has 0 unspecified atom stereocenters. The predicted octanol–water partition coefficient (Wildman–Crippen LogP) is 3.96. The number of rotatable bonds is 8. The number of methoxy groups -OCH3 is 1. The topological polar surface area (TPSA) is 150 Å². The Labute approximate surface area is 197 Å². The molecule has 0 fully saturated rings. The maximum Gasteiger partial charge on any atom is 0.411 e. The minimum Gasteiger partial charge on any atom is -0.481 e. The molecule has 10 nitrogen and oxygen atoms in total. The Morgan fingerprint density at radius 3 is 2.50 bits per heavy atom. The summed E-state index contributed by atoms with van der Waals surface area (Å²) < 4.78 is 18.7. The number of H-pyrrole nitrogens is 1. The van der Waals surface area contributed by atoms with Gasteiger partial charge < -0.3 is 15.2 Å². The second kappa shape index (κ2) is 10.6. The third-order valence-corrected chi connectivity index (χ3v) is 4.97. The highest BCUT2D eigenvalue weighted by Crippen LogP contribution is 2.27. The van der Waals surface area contributed by atoms with Crippen LogP contribution in [0.3, 0.4) is 0 Å². The van der Waals surface area contributed by atoms with Gasteiger partial charge in [-0.2, -0.15) is 5.10 Å². The Kier molecular flexibility index (Phi) is 7.59. The summed E-state index contributed by atoms with van der Waals surface area (Å²) in [6, 6.07) is 11.1. The molecule has 176 valence electrons. The minimum absolute atomic E-state index is 0.0280. The number of ether oxygens (including phenoxy) is 1. The molecule has 0 spiro atoms. The molecule has 0 aliphatic rings. The molecule has 3 rings (SSSR count). The Morgan fingerprint density at radius 2 is 1.85 bits per heavy atom. The van der Waals surface area contributed by atoms with E-state index in [1.54, 1.807) is 0 Å². The standard InChI is InChI=1S/C22H18ClFN4O6/c1-34-22(33)25-12-7-5-11(6-8-12)20(31)14(9-18(29)30)21(32)26-17-10-16(27-28-17)13-3-2-4-15(23)19(13)24/h2-8,10,14H,9H2,1H3,(H,25,33)(H,29,30)(H2,26,27,28,32)/t14-/m0/s1. The second-order valence-corrected chi connectivity index (χ2v) is 7.37. The van der Waals surface area contributed by atoms with Gasteiger partial charge in [-0.05, 0) is 36.4 Å². The van der Waals surface area contributed by atoms with Gasteiger partial charge in [0.1, 0.15) is 11.7 Å². The molecule has 2 amide bonds. The molecule has 34 heavy (non-hydrogen) atoms. The average molecular weight is 489 g/mol. The molecule has 3 aromatic rings. The maximum atomic E-state index is 14.2. The van der Waals surface area contributed by atoms with Gasteiger partial charge in [0.2, 0.25) is 5.91 Å². The lowest BCUT2D eigenvalue weighted by atomic mass is 9.93. The molecule has 1 aromatic heterocycles. The molecule has 0 aliphatic carbocycles. The number of aliphatic carboxylic acids is 1. The quantitative estimate of drug-likeness (QED) is 0.277. The minimum atomic E-state index is -1.56. The van der Waals surface area contributed by atoms with Gasteiger partial charge in [0.05, 0.1) is 24.2 Å². The highest BCUT2D eigenvalue weighted by atomic mass is 35.5. The zero-order valence-corrected chi connectivity index (χ0v) is 18.4. The predicted molar refractivity (Wildman–Crippen MR) is 120 cm³/mol. The van der Waals surface area contributed by atoms with E-state index in [9.17, 15) is 28.7 Å². The first-order valence-corrected chi connectivity index (χ1v) is 10.1. The summed E-state index contributed by atoms with van der Waals surface area (Å²) in [5.41, 5.74) is 0.622. The number of Topliss-reactive ketones (excluding diaryl/α,β-unsaturated/α-hetero) is 1. The molecule has 1 atom stereocenters. The van der Waals surface area contributed by atoms with Gasteiger partial charge in [-0.3, -0.25) is 24.8 Å². The third-order valence-electron chi connectivity index (χ3n) is 4.68. The number of carboxylic acids is 1. The number of hydrogen-bond acceptors (Lipinski definition) is 6. The molecule has 0 saturated carbocycles. The highest BCUT2D eigenvalue weighted by Gasteiger charge is 2.30. The number of carboxylic acid groups (broad SMARTS) is 1. The fourth-order valence-electron chi connectivity index (χ4n) is 3.01. The van der Waals surface area contributed by atoms with Crippen LogP contribution in [0.15, 0.2) is 48.5 Å². The molecule has 4 N–H and O–H groups in total. The molecule has 0 saturated heterocycles. The normalized spacial score (nSPS) is 11.4. The number of benzene rings is 2. The zero-order chi connectivity index (χ0) is 24.8. The molecule has 0 aliphatic heterocycles. The second-order valence-electron chi connectivity index (χ2n) is 6.97. The number of nitrogens with zero attached hydrogens (tertiary/aromatic N) is 1. The van der Waals surface area contributed by atoms with Crippen LogP contribution in [0.1, 0.15) is 16.8 Å². The molecule has 0 bridgehead atoms. The van der Waals surface area contributed by atoms with Crippen LogP contribution in [0.2, 0.25) is 5.02 Å². The van der Waals surface area contributed by atoms with Gasteiger partial charge >= 0.3 is 12.1 Å². The van der Waals surface area contributed by atoms with E-state index in [-0.39, 0.29) is 27.7 Å². The number of carbonyl (C=O) groups is 4. The first-order valence-electron chi connectivity index (χ1n) is 9.71. The van der Waals surface area contributed by atoms with Gasteiger partial charge in [-0.15, -0.1) is 0 Å². The molecular weight excluding hydrogens is 471 g/mol. The first-order chi connectivity index (χ1) is 16.2. The summed E-state index contributed by atoms with van der Waals surface area (Å²) in [6.45, 7) is 0.